The Morgan fingerprint density at radius 1 is 1.21 bits per heavy atom. The topological polar surface area (TPSA) is 61.7 Å². The van der Waals surface area contributed by atoms with Crippen LogP contribution in [-0.2, 0) is 11.3 Å². The molecular weight excluding hydrogens is 242 g/mol. The normalized spacial score (nSPS) is 18.5. The van der Waals surface area contributed by atoms with Crippen molar-refractivity contribution in [3.8, 4) is 5.75 Å². The third kappa shape index (κ3) is 3.69. The number of phenols is 1. The number of aryl methyl sites for hydroxylation is 2. The van der Waals surface area contributed by atoms with E-state index in [9.17, 15) is 10.2 Å². The van der Waals surface area contributed by atoms with Gasteiger partial charge in [-0.1, -0.05) is 12.1 Å². The second kappa shape index (κ2) is 5.90. The zero-order chi connectivity index (χ0) is 13.9. The molecule has 19 heavy (non-hydrogen) atoms. The Morgan fingerprint density at radius 2 is 1.79 bits per heavy atom. The lowest BCUT2D eigenvalue weighted by Gasteiger charge is -2.32. The standard InChI is InChI=1S/C15H23NO3/c1-11-7-13(8-12(2)14(11)17)9-16-10-15(18)3-5-19-6-4-15/h7-8,16-18H,3-6,9-10H2,1-2H3. The molecule has 106 valence electrons. The van der Waals surface area contributed by atoms with E-state index in [2.05, 4.69) is 5.32 Å². The molecular formula is C15H23NO3. The van der Waals surface area contributed by atoms with Crippen molar-refractivity contribution in [1.29, 1.82) is 0 Å². The number of phenolic OH excluding ortho intramolecular Hbond substituents is 1. The van der Waals surface area contributed by atoms with Crippen molar-refractivity contribution in [2.45, 2.75) is 38.8 Å². The molecule has 3 N–H and O–H groups in total. The molecule has 0 unspecified atom stereocenters. The Morgan fingerprint density at radius 3 is 2.37 bits per heavy atom. The number of hydrogen-bond donors (Lipinski definition) is 3. The van der Waals surface area contributed by atoms with E-state index in [4.69, 9.17) is 4.74 Å². The van der Waals surface area contributed by atoms with E-state index in [0.29, 0.717) is 44.9 Å². The van der Waals surface area contributed by atoms with Gasteiger partial charge in [-0.3, -0.25) is 0 Å². The molecule has 0 amide bonds. The van der Waals surface area contributed by atoms with Crippen LogP contribution in [0, 0.1) is 13.8 Å². The van der Waals surface area contributed by atoms with Gasteiger partial charge in [0.15, 0.2) is 0 Å². The van der Waals surface area contributed by atoms with Crippen molar-refractivity contribution >= 4 is 0 Å². The Hall–Kier alpha value is -1.10. The Bertz CT molecular complexity index is 416. The highest BCUT2D eigenvalue weighted by Crippen LogP contribution is 2.23. The van der Waals surface area contributed by atoms with Gasteiger partial charge in [0.1, 0.15) is 5.75 Å². The monoisotopic (exact) mass is 265 g/mol. The molecule has 0 bridgehead atoms. The Balaban J connectivity index is 1.89. The summed E-state index contributed by atoms with van der Waals surface area (Å²) in [4.78, 5) is 0. The molecule has 1 fully saturated rings. The fourth-order valence-electron chi connectivity index (χ4n) is 2.52. The fourth-order valence-corrected chi connectivity index (χ4v) is 2.52. The highest BCUT2D eigenvalue weighted by Gasteiger charge is 2.29. The summed E-state index contributed by atoms with van der Waals surface area (Å²) in [6, 6.07) is 3.95. The molecule has 1 saturated heterocycles. The minimum Gasteiger partial charge on any atom is -0.507 e. The smallest absolute Gasteiger partial charge is 0.121 e. The van der Waals surface area contributed by atoms with Gasteiger partial charge in [0.05, 0.1) is 5.60 Å². The first-order chi connectivity index (χ1) is 9.00. The van der Waals surface area contributed by atoms with E-state index >= 15 is 0 Å². The van der Waals surface area contributed by atoms with Crippen LogP contribution < -0.4 is 5.32 Å². The van der Waals surface area contributed by atoms with Crippen LogP contribution in [0.15, 0.2) is 12.1 Å². The SMILES string of the molecule is Cc1cc(CNCC2(O)CCOCC2)cc(C)c1O. The molecule has 1 aromatic carbocycles. The average molecular weight is 265 g/mol. The Labute approximate surface area is 114 Å². The fraction of sp³-hybridized carbons (Fsp3) is 0.600. The molecule has 1 aliphatic rings. The summed E-state index contributed by atoms with van der Waals surface area (Å²) in [7, 11) is 0. The van der Waals surface area contributed by atoms with Gasteiger partial charge < -0.3 is 20.3 Å². The van der Waals surface area contributed by atoms with Crippen LogP contribution in [0.4, 0.5) is 0 Å². The third-order valence-electron chi connectivity index (χ3n) is 3.76. The second-order valence-electron chi connectivity index (χ2n) is 5.52. The molecule has 0 spiro atoms. The van der Waals surface area contributed by atoms with Crippen molar-refractivity contribution in [3.05, 3.63) is 28.8 Å². The Kier molecular flexibility index (Phi) is 4.45. The summed E-state index contributed by atoms with van der Waals surface area (Å²) in [5, 5.41) is 23.3. The van der Waals surface area contributed by atoms with Gasteiger partial charge in [-0.25, -0.2) is 0 Å². The number of ether oxygens (including phenoxy) is 1. The average Bonchev–Trinajstić information content (AvgIpc) is 2.36. The lowest BCUT2D eigenvalue weighted by molar-refractivity contribution is -0.0617. The maximum Gasteiger partial charge on any atom is 0.121 e. The first kappa shape index (κ1) is 14.3. The molecule has 0 aromatic heterocycles. The van der Waals surface area contributed by atoms with E-state index in [0.717, 1.165) is 16.7 Å². The quantitative estimate of drug-likeness (QED) is 0.774. The van der Waals surface area contributed by atoms with Gasteiger partial charge in [0, 0.05) is 39.1 Å². The predicted octanol–water partition coefficient (Wildman–Crippen LogP) is 1.64. The largest absolute Gasteiger partial charge is 0.507 e. The molecule has 0 radical (unpaired) electrons. The van der Waals surface area contributed by atoms with Gasteiger partial charge in [-0.05, 0) is 30.5 Å². The molecule has 0 saturated carbocycles. The van der Waals surface area contributed by atoms with Gasteiger partial charge >= 0.3 is 0 Å². The third-order valence-corrected chi connectivity index (χ3v) is 3.76. The predicted molar refractivity (Wildman–Crippen MR) is 74.3 cm³/mol. The molecule has 2 rings (SSSR count). The lowest BCUT2D eigenvalue weighted by atomic mass is 9.94. The van der Waals surface area contributed by atoms with Crippen LogP contribution in [0.25, 0.3) is 0 Å². The van der Waals surface area contributed by atoms with Crippen LogP contribution in [-0.4, -0.2) is 35.6 Å². The first-order valence-electron chi connectivity index (χ1n) is 6.80. The highest BCUT2D eigenvalue weighted by molar-refractivity contribution is 5.42. The number of nitrogens with one attached hydrogen (secondary N) is 1. The molecule has 1 aromatic rings. The van der Waals surface area contributed by atoms with E-state index in [1.54, 1.807) is 0 Å². The van der Waals surface area contributed by atoms with E-state index < -0.39 is 5.60 Å². The number of rotatable bonds is 4. The molecule has 1 aliphatic heterocycles. The summed E-state index contributed by atoms with van der Waals surface area (Å²) in [5.41, 5.74) is 2.27. The number of aliphatic hydroxyl groups is 1. The van der Waals surface area contributed by atoms with Crippen molar-refractivity contribution in [2.75, 3.05) is 19.8 Å². The zero-order valence-corrected chi connectivity index (χ0v) is 11.7. The zero-order valence-electron chi connectivity index (χ0n) is 11.7. The van der Waals surface area contributed by atoms with E-state index in [1.165, 1.54) is 0 Å². The molecule has 0 aliphatic carbocycles. The van der Waals surface area contributed by atoms with Crippen LogP contribution in [0.2, 0.25) is 0 Å². The van der Waals surface area contributed by atoms with Gasteiger partial charge in [-0.2, -0.15) is 0 Å². The maximum absolute atomic E-state index is 10.3. The van der Waals surface area contributed by atoms with E-state index in [-0.39, 0.29) is 0 Å². The van der Waals surface area contributed by atoms with Crippen LogP contribution >= 0.6 is 0 Å². The molecule has 1 heterocycles. The second-order valence-corrected chi connectivity index (χ2v) is 5.52. The summed E-state index contributed by atoms with van der Waals surface area (Å²) in [6.45, 7) is 6.35. The van der Waals surface area contributed by atoms with Crippen molar-refractivity contribution in [1.82, 2.24) is 5.32 Å². The molecule has 4 heteroatoms. The number of hydrogen-bond acceptors (Lipinski definition) is 4. The minimum absolute atomic E-state index is 0.367. The summed E-state index contributed by atoms with van der Waals surface area (Å²) in [5.74, 6) is 0.367. The summed E-state index contributed by atoms with van der Waals surface area (Å²) >= 11 is 0. The van der Waals surface area contributed by atoms with E-state index in [1.807, 2.05) is 26.0 Å². The minimum atomic E-state index is -0.640. The van der Waals surface area contributed by atoms with Crippen LogP contribution in [0.5, 0.6) is 5.75 Å². The number of benzene rings is 1. The van der Waals surface area contributed by atoms with Crippen LogP contribution in [0.3, 0.4) is 0 Å². The van der Waals surface area contributed by atoms with Gasteiger partial charge in [-0.15, -0.1) is 0 Å². The van der Waals surface area contributed by atoms with Gasteiger partial charge in [0.25, 0.3) is 0 Å². The maximum atomic E-state index is 10.3. The highest BCUT2D eigenvalue weighted by atomic mass is 16.5. The van der Waals surface area contributed by atoms with Crippen molar-refractivity contribution in [3.63, 3.8) is 0 Å². The molecule has 0 atom stereocenters. The lowest BCUT2D eigenvalue weighted by Crippen LogP contribution is -2.44. The van der Waals surface area contributed by atoms with Crippen molar-refractivity contribution < 1.29 is 14.9 Å². The van der Waals surface area contributed by atoms with Gasteiger partial charge in [0.2, 0.25) is 0 Å². The van der Waals surface area contributed by atoms with Crippen molar-refractivity contribution in [2.24, 2.45) is 0 Å². The first-order valence-corrected chi connectivity index (χ1v) is 6.80. The molecule has 4 nitrogen and oxygen atoms in total. The summed E-state index contributed by atoms with van der Waals surface area (Å²) < 4.78 is 5.26. The summed E-state index contributed by atoms with van der Waals surface area (Å²) in [6.07, 6.45) is 1.38. The van der Waals surface area contributed by atoms with Crippen LogP contribution in [0.1, 0.15) is 29.5 Å². The number of aromatic hydroxyl groups is 1.